The summed E-state index contributed by atoms with van der Waals surface area (Å²) < 4.78 is 36.5. The van der Waals surface area contributed by atoms with Gasteiger partial charge in [-0.25, -0.2) is 0 Å². The van der Waals surface area contributed by atoms with Gasteiger partial charge < -0.3 is 11.1 Å². The van der Waals surface area contributed by atoms with Crippen LogP contribution in [-0.2, 0) is 11.0 Å². The highest BCUT2D eigenvalue weighted by molar-refractivity contribution is 7.15. The minimum atomic E-state index is -4.54. The summed E-state index contributed by atoms with van der Waals surface area (Å²) in [6.07, 6.45) is -3.94. The Morgan fingerprint density at radius 3 is 2.65 bits per heavy atom. The first-order chi connectivity index (χ1) is 7.79. The van der Waals surface area contributed by atoms with Crippen LogP contribution in [-0.4, -0.2) is 22.1 Å². The van der Waals surface area contributed by atoms with Crippen LogP contribution in [0.25, 0.3) is 0 Å². The maximum atomic E-state index is 12.2. The number of nitrogens with zero attached hydrogens (tertiary/aromatic N) is 2. The third kappa shape index (κ3) is 4.65. The summed E-state index contributed by atoms with van der Waals surface area (Å²) in [5.74, 6) is -0.424. The standard InChI is InChI=1S/C8H11F3N4OS/c1-4(12)2-3-5(16)13-7-15-14-6(17-7)8(9,10)11/h4H,2-3,12H2,1H3,(H,13,15,16). The number of rotatable bonds is 4. The molecule has 0 aliphatic rings. The SMILES string of the molecule is CC(N)CCC(=O)Nc1nnc(C(F)(F)F)s1. The van der Waals surface area contributed by atoms with Crippen LogP contribution in [0.1, 0.15) is 24.8 Å². The lowest BCUT2D eigenvalue weighted by molar-refractivity contribution is -0.138. The van der Waals surface area contributed by atoms with Crippen LogP contribution >= 0.6 is 11.3 Å². The maximum absolute atomic E-state index is 12.2. The predicted molar refractivity (Wildman–Crippen MR) is 56.4 cm³/mol. The van der Waals surface area contributed by atoms with E-state index in [0.717, 1.165) is 0 Å². The zero-order chi connectivity index (χ0) is 13.1. The molecule has 1 rings (SSSR count). The van der Waals surface area contributed by atoms with Crippen LogP contribution in [0.15, 0.2) is 0 Å². The number of hydrogen-bond acceptors (Lipinski definition) is 5. The fourth-order valence-electron chi connectivity index (χ4n) is 0.929. The van der Waals surface area contributed by atoms with Gasteiger partial charge in [0.25, 0.3) is 0 Å². The third-order valence-corrected chi connectivity index (χ3v) is 2.62. The molecule has 0 radical (unpaired) electrons. The Kier molecular flexibility index (Phi) is 4.40. The summed E-state index contributed by atoms with van der Waals surface area (Å²) in [5, 5.41) is 7.17. The molecule has 0 fully saturated rings. The van der Waals surface area contributed by atoms with Gasteiger partial charge in [0.05, 0.1) is 0 Å². The van der Waals surface area contributed by atoms with E-state index in [9.17, 15) is 18.0 Å². The summed E-state index contributed by atoms with van der Waals surface area (Å²) in [5.41, 5.74) is 5.44. The molecule has 17 heavy (non-hydrogen) atoms. The number of alkyl halides is 3. The Bertz CT molecular complexity index is 390. The monoisotopic (exact) mass is 268 g/mol. The first-order valence-corrected chi connectivity index (χ1v) is 5.57. The van der Waals surface area contributed by atoms with Crippen LogP contribution in [0.3, 0.4) is 0 Å². The summed E-state index contributed by atoms with van der Waals surface area (Å²) in [7, 11) is 0. The summed E-state index contributed by atoms with van der Waals surface area (Å²) >= 11 is 0.292. The molecule has 96 valence electrons. The first kappa shape index (κ1) is 13.8. The van der Waals surface area contributed by atoms with E-state index in [1.165, 1.54) is 0 Å². The highest BCUT2D eigenvalue weighted by Crippen LogP contribution is 2.32. The predicted octanol–water partition coefficient (Wildman–Crippen LogP) is 1.62. The van der Waals surface area contributed by atoms with Gasteiger partial charge in [-0.15, -0.1) is 10.2 Å². The molecular formula is C8H11F3N4OS. The maximum Gasteiger partial charge on any atom is 0.445 e. The van der Waals surface area contributed by atoms with Crippen LogP contribution in [0.5, 0.6) is 0 Å². The largest absolute Gasteiger partial charge is 0.445 e. The second kappa shape index (κ2) is 5.41. The Morgan fingerprint density at radius 1 is 1.53 bits per heavy atom. The molecule has 0 spiro atoms. The summed E-state index contributed by atoms with van der Waals surface area (Å²) in [4.78, 5) is 11.3. The normalized spacial score (nSPS) is 13.5. The zero-order valence-corrected chi connectivity index (χ0v) is 9.73. The van der Waals surface area contributed by atoms with E-state index in [2.05, 4.69) is 15.5 Å². The van der Waals surface area contributed by atoms with E-state index in [4.69, 9.17) is 5.73 Å². The van der Waals surface area contributed by atoms with Gasteiger partial charge in [0, 0.05) is 12.5 Å². The van der Waals surface area contributed by atoms with E-state index < -0.39 is 17.1 Å². The minimum absolute atomic E-state index is 0.137. The number of amides is 1. The quantitative estimate of drug-likeness (QED) is 0.869. The highest BCUT2D eigenvalue weighted by Gasteiger charge is 2.35. The third-order valence-electron chi connectivity index (χ3n) is 1.74. The fourth-order valence-corrected chi connectivity index (χ4v) is 1.56. The van der Waals surface area contributed by atoms with E-state index in [1.54, 1.807) is 6.92 Å². The fraction of sp³-hybridized carbons (Fsp3) is 0.625. The van der Waals surface area contributed by atoms with Crippen molar-refractivity contribution in [3.05, 3.63) is 5.01 Å². The molecule has 3 N–H and O–H groups in total. The molecule has 9 heteroatoms. The molecule has 1 unspecified atom stereocenters. The molecule has 1 heterocycles. The van der Waals surface area contributed by atoms with Crippen molar-refractivity contribution in [1.82, 2.24) is 10.2 Å². The van der Waals surface area contributed by atoms with Gasteiger partial charge in [-0.2, -0.15) is 13.2 Å². The van der Waals surface area contributed by atoms with Crippen LogP contribution in [0.4, 0.5) is 18.3 Å². The second-order valence-electron chi connectivity index (χ2n) is 3.47. The molecule has 0 bridgehead atoms. The van der Waals surface area contributed by atoms with Gasteiger partial charge in [0.15, 0.2) is 0 Å². The average Bonchev–Trinajstić information content (AvgIpc) is 2.62. The molecule has 0 aromatic carbocycles. The van der Waals surface area contributed by atoms with Gasteiger partial charge >= 0.3 is 6.18 Å². The molecular weight excluding hydrogens is 257 g/mol. The Morgan fingerprint density at radius 2 is 2.18 bits per heavy atom. The number of anilines is 1. The van der Waals surface area contributed by atoms with Crippen molar-refractivity contribution in [2.75, 3.05) is 5.32 Å². The molecule has 0 saturated carbocycles. The molecule has 0 aliphatic carbocycles. The number of carbonyl (C=O) groups excluding carboxylic acids is 1. The topological polar surface area (TPSA) is 80.9 Å². The van der Waals surface area contributed by atoms with Crippen LogP contribution < -0.4 is 11.1 Å². The molecule has 1 amide bonds. The molecule has 0 aliphatic heterocycles. The lowest BCUT2D eigenvalue weighted by atomic mass is 10.2. The molecule has 1 aromatic rings. The summed E-state index contributed by atoms with van der Waals surface area (Å²) in [6.45, 7) is 1.74. The molecule has 1 aromatic heterocycles. The number of carbonyl (C=O) groups is 1. The second-order valence-corrected chi connectivity index (χ2v) is 4.45. The molecule has 0 saturated heterocycles. The number of halogens is 3. The van der Waals surface area contributed by atoms with E-state index in [1.807, 2.05) is 0 Å². The average molecular weight is 268 g/mol. The van der Waals surface area contributed by atoms with Gasteiger partial charge in [0.1, 0.15) is 0 Å². The lowest BCUT2D eigenvalue weighted by Gasteiger charge is -2.03. The van der Waals surface area contributed by atoms with Crippen molar-refractivity contribution < 1.29 is 18.0 Å². The zero-order valence-electron chi connectivity index (χ0n) is 8.91. The minimum Gasteiger partial charge on any atom is -0.328 e. The van der Waals surface area contributed by atoms with Crippen molar-refractivity contribution in [2.24, 2.45) is 5.73 Å². The summed E-state index contributed by atoms with van der Waals surface area (Å²) in [6, 6.07) is -0.138. The molecule has 1 atom stereocenters. The van der Waals surface area contributed by atoms with Crippen LogP contribution in [0.2, 0.25) is 0 Å². The van der Waals surface area contributed by atoms with Crippen molar-refractivity contribution in [3.8, 4) is 0 Å². The van der Waals surface area contributed by atoms with E-state index >= 15 is 0 Å². The van der Waals surface area contributed by atoms with Crippen LogP contribution in [0, 0.1) is 0 Å². The number of hydrogen-bond donors (Lipinski definition) is 2. The Hall–Kier alpha value is -1.22. The van der Waals surface area contributed by atoms with Gasteiger partial charge in [-0.3, -0.25) is 4.79 Å². The number of nitrogens with two attached hydrogens (primary N) is 1. The Balaban J connectivity index is 2.52. The Labute approximate surface area is 99.2 Å². The van der Waals surface area contributed by atoms with E-state index in [0.29, 0.717) is 17.8 Å². The van der Waals surface area contributed by atoms with Crippen molar-refractivity contribution in [3.63, 3.8) is 0 Å². The smallest absolute Gasteiger partial charge is 0.328 e. The van der Waals surface area contributed by atoms with Crippen molar-refractivity contribution >= 4 is 22.4 Å². The van der Waals surface area contributed by atoms with Gasteiger partial charge in [-0.1, -0.05) is 11.3 Å². The number of nitrogens with one attached hydrogen (secondary N) is 1. The van der Waals surface area contributed by atoms with Gasteiger partial charge in [0.2, 0.25) is 16.0 Å². The van der Waals surface area contributed by atoms with Crippen molar-refractivity contribution in [2.45, 2.75) is 32.0 Å². The highest BCUT2D eigenvalue weighted by atomic mass is 32.1. The lowest BCUT2D eigenvalue weighted by Crippen LogP contribution is -2.19. The van der Waals surface area contributed by atoms with Gasteiger partial charge in [-0.05, 0) is 13.3 Å². The molecule has 5 nitrogen and oxygen atoms in total. The van der Waals surface area contributed by atoms with Crippen molar-refractivity contribution in [1.29, 1.82) is 0 Å². The van der Waals surface area contributed by atoms with E-state index in [-0.39, 0.29) is 17.6 Å². The number of aromatic nitrogens is 2. The first-order valence-electron chi connectivity index (χ1n) is 4.75.